The van der Waals surface area contributed by atoms with Crippen LogP contribution in [-0.2, 0) is 5.54 Å². The van der Waals surface area contributed by atoms with Gasteiger partial charge in [-0.1, -0.05) is 15.9 Å². The van der Waals surface area contributed by atoms with Gasteiger partial charge in [-0.3, -0.25) is 4.68 Å². The zero-order chi connectivity index (χ0) is 11.2. The number of anilines is 1. The highest BCUT2D eigenvalue weighted by atomic mass is 79.9. The van der Waals surface area contributed by atoms with Crippen LogP contribution in [0.1, 0.15) is 20.8 Å². The van der Waals surface area contributed by atoms with Crippen molar-refractivity contribution < 1.29 is 0 Å². The van der Waals surface area contributed by atoms with Gasteiger partial charge in [0, 0.05) is 9.86 Å². The van der Waals surface area contributed by atoms with Crippen molar-refractivity contribution in [3.63, 3.8) is 0 Å². The number of hydrogen-bond donors (Lipinski definition) is 1. The second-order valence-corrected chi connectivity index (χ2v) is 5.55. The van der Waals surface area contributed by atoms with Crippen LogP contribution >= 0.6 is 15.9 Å². The summed E-state index contributed by atoms with van der Waals surface area (Å²) < 4.78 is 3.00. The molecule has 80 valence electrons. The lowest BCUT2D eigenvalue weighted by molar-refractivity contribution is 0.369. The maximum absolute atomic E-state index is 5.88. The Bertz CT molecular complexity index is 508. The first-order chi connectivity index (χ1) is 6.89. The van der Waals surface area contributed by atoms with E-state index in [0.717, 1.165) is 15.4 Å². The predicted octanol–water partition coefficient (Wildman–Crippen LogP) is 3.14. The number of nitrogens with two attached hydrogens (primary N) is 1. The van der Waals surface area contributed by atoms with Crippen LogP contribution in [-0.4, -0.2) is 9.78 Å². The lowest BCUT2D eigenvalue weighted by Crippen LogP contribution is -2.23. The maximum Gasteiger partial charge on any atom is 0.153 e. The first kappa shape index (κ1) is 10.5. The summed E-state index contributed by atoms with van der Waals surface area (Å²) >= 11 is 3.46. The van der Waals surface area contributed by atoms with E-state index in [4.69, 9.17) is 5.73 Å². The highest BCUT2D eigenvalue weighted by Gasteiger charge is 2.18. The van der Waals surface area contributed by atoms with Crippen LogP contribution in [0.25, 0.3) is 10.9 Å². The number of nitrogen functional groups attached to an aromatic ring is 1. The number of aromatic nitrogens is 2. The SMILES string of the molecule is CC(C)(C)n1nc(N)c2ccc(Br)cc21. The number of benzene rings is 1. The van der Waals surface area contributed by atoms with E-state index in [1.807, 2.05) is 22.9 Å². The lowest BCUT2D eigenvalue weighted by atomic mass is 10.1. The average molecular weight is 268 g/mol. The van der Waals surface area contributed by atoms with E-state index in [0.29, 0.717) is 5.82 Å². The third-order valence-electron chi connectivity index (χ3n) is 2.31. The molecule has 0 aliphatic heterocycles. The molecule has 1 heterocycles. The highest BCUT2D eigenvalue weighted by molar-refractivity contribution is 9.10. The molecule has 0 unspecified atom stereocenters. The number of fused-ring (bicyclic) bond motifs is 1. The van der Waals surface area contributed by atoms with Gasteiger partial charge in [-0.2, -0.15) is 5.10 Å². The molecule has 0 aliphatic carbocycles. The van der Waals surface area contributed by atoms with Crippen molar-refractivity contribution >= 4 is 32.7 Å². The fourth-order valence-corrected chi connectivity index (χ4v) is 1.97. The number of hydrogen-bond acceptors (Lipinski definition) is 2. The predicted molar refractivity (Wildman–Crippen MR) is 66.8 cm³/mol. The van der Waals surface area contributed by atoms with Crippen LogP contribution in [0.15, 0.2) is 22.7 Å². The van der Waals surface area contributed by atoms with E-state index in [1.54, 1.807) is 0 Å². The van der Waals surface area contributed by atoms with Gasteiger partial charge in [0.25, 0.3) is 0 Å². The van der Waals surface area contributed by atoms with Crippen molar-refractivity contribution in [3.05, 3.63) is 22.7 Å². The molecule has 0 saturated carbocycles. The van der Waals surface area contributed by atoms with Crippen LogP contribution in [0.2, 0.25) is 0 Å². The minimum absolute atomic E-state index is 0.0589. The molecule has 1 aromatic heterocycles. The van der Waals surface area contributed by atoms with Crippen molar-refractivity contribution in [1.82, 2.24) is 9.78 Å². The Hall–Kier alpha value is -1.03. The van der Waals surface area contributed by atoms with E-state index in [-0.39, 0.29) is 5.54 Å². The zero-order valence-corrected chi connectivity index (χ0v) is 10.7. The van der Waals surface area contributed by atoms with Crippen LogP contribution in [0.4, 0.5) is 5.82 Å². The van der Waals surface area contributed by atoms with E-state index >= 15 is 0 Å². The van der Waals surface area contributed by atoms with Crippen LogP contribution in [0.3, 0.4) is 0 Å². The monoisotopic (exact) mass is 267 g/mol. The molecule has 3 nitrogen and oxygen atoms in total. The summed E-state index contributed by atoms with van der Waals surface area (Å²) in [6.07, 6.45) is 0. The molecule has 0 saturated heterocycles. The second kappa shape index (κ2) is 3.23. The Morgan fingerprint density at radius 1 is 1.33 bits per heavy atom. The molecule has 0 atom stereocenters. The molecule has 2 rings (SSSR count). The van der Waals surface area contributed by atoms with Crippen molar-refractivity contribution in [2.24, 2.45) is 0 Å². The van der Waals surface area contributed by atoms with Gasteiger partial charge < -0.3 is 5.73 Å². The van der Waals surface area contributed by atoms with Gasteiger partial charge in [0.05, 0.1) is 11.1 Å². The molecule has 2 aromatic rings. The molecular formula is C11H14BrN3. The first-order valence-corrected chi connectivity index (χ1v) is 5.63. The Kier molecular flexibility index (Phi) is 2.26. The van der Waals surface area contributed by atoms with Crippen molar-refractivity contribution in [2.75, 3.05) is 5.73 Å². The Morgan fingerprint density at radius 3 is 2.60 bits per heavy atom. The summed E-state index contributed by atoms with van der Waals surface area (Å²) in [4.78, 5) is 0. The summed E-state index contributed by atoms with van der Waals surface area (Å²) in [5, 5.41) is 5.38. The van der Waals surface area contributed by atoms with Gasteiger partial charge in [-0.25, -0.2) is 0 Å². The molecule has 15 heavy (non-hydrogen) atoms. The quantitative estimate of drug-likeness (QED) is 0.797. The van der Waals surface area contributed by atoms with Gasteiger partial charge in [0.2, 0.25) is 0 Å². The Balaban J connectivity index is 2.81. The molecule has 4 heteroatoms. The molecule has 1 aromatic carbocycles. The van der Waals surface area contributed by atoms with E-state index < -0.39 is 0 Å². The fraction of sp³-hybridized carbons (Fsp3) is 0.364. The number of nitrogens with zero attached hydrogens (tertiary/aromatic N) is 2. The normalized spacial score (nSPS) is 12.3. The molecule has 0 aliphatic rings. The van der Waals surface area contributed by atoms with Crippen LogP contribution < -0.4 is 5.73 Å². The molecule has 0 spiro atoms. The standard InChI is InChI=1S/C11H14BrN3/c1-11(2,3)15-9-6-7(12)4-5-8(9)10(13)14-15/h4-6H,1-3H3,(H2,13,14). The summed E-state index contributed by atoms with van der Waals surface area (Å²) in [5.74, 6) is 0.590. The third-order valence-corrected chi connectivity index (χ3v) is 2.80. The third kappa shape index (κ3) is 1.74. The largest absolute Gasteiger partial charge is 0.382 e. The Morgan fingerprint density at radius 2 is 2.00 bits per heavy atom. The van der Waals surface area contributed by atoms with Gasteiger partial charge in [0.1, 0.15) is 0 Å². The number of rotatable bonds is 0. The summed E-state index contributed by atoms with van der Waals surface area (Å²) in [5.41, 5.74) is 6.88. The van der Waals surface area contributed by atoms with E-state index in [2.05, 4.69) is 41.8 Å². The van der Waals surface area contributed by atoms with E-state index in [1.165, 1.54) is 0 Å². The zero-order valence-electron chi connectivity index (χ0n) is 9.08. The summed E-state index contributed by atoms with van der Waals surface area (Å²) in [6, 6.07) is 6.02. The van der Waals surface area contributed by atoms with Crippen molar-refractivity contribution in [1.29, 1.82) is 0 Å². The molecule has 2 N–H and O–H groups in total. The van der Waals surface area contributed by atoms with Gasteiger partial charge in [-0.15, -0.1) is 0 Å². The van der Waals surface area contributed by atoms with Crippen molar-refractivity contribution in [3.8, 4) is 0 Å². The molecule has 0 amide bonds. The smallest absolute Gasteiger partial charge is 0.153 e. The Labute approximate surface area is 97.4 Å². The molecular weight excluding hydrogens is 254 g/mol. The minimum Gasteiger partial charge on any atom is -0.382 e. The minimum atomic E-state index is -0.0589. The fourth-order valence-electron chi connectivity index (χ4n) is 1.62. The van der Waals surface area contributed by atoms with Crippen LogP contribution in [0, 0.1) is 0 Å². The molecule has 0 radical (unpaired) electrons. The number of halogens is 1. The highest BCUT2D eigenvalue weighted by Crippen LogP contribution is 2.28. The van der Waals surface area contributed by atoms with Gasteiger partial charge in [-0.05, 0) is 39.0 Å². The van der Waals surface area contributed by atoms with Crippen molar-refractivity contribution in [2.45, 2.75) is 26.3 Å². The second-order valence-electron chi connectivity index (χ2n) is 4.63. The average Bonchev–Trinajstić information content (AvgIpc) is 2.42. The van der Waals surface area contributed by atoms with Crippen LogP contribution in [0.5, 0.6) is 0 Å². The summed E-state index contributed by atoms with van der Waals surface area (Å²) in [7, 11) is 0. The molecule has 0 fully saturated rings. The van der Waals surface area contributed by atoms with E-state index in [9.17, 15) is 0 Å². The van der Waals surface area contributed by atoms with Gasteiger partial charge in [0.15, 0.2) is 5.82 Å². The van der Waals surface area contributed by atoms with Gasteiger partial charge >= 0.3 is 0 Å². The topological polar surface area (TPSA) is 43.8 Å². The summed E-state index contributed by atoms with van der Waals surface area (Å²) in [6.45, 7) is 6.33. The molecule has 0 bridgehead atoms. The maximum atomic E-state index is 5.88. The lowest BCUT2D eigenvalue weighted by Gasteiger charge is -2.20. The first-order valence-electron chi connectivity index (χ1n) is 4.84.